The Kier molecular flexibility index (Phi) is 6.45. The van der Waals surface area contributed by atoms with Crippen LogP contribution < -0.4 is 16.6 Å². The summed E-state index contributed by atoms with van der Waals surface area (Å²) in [6.07, 6.45) is 0.850. The third-order valence-corrected chi connectivity index (χ3v) is 5.10. The molecule has 1 aliphatic heterocycles. The van der Waals surface area contributed by atoms with Crippen LogP contribution in [0.4, 0.5) is 0 Å². The normalized spacial score (nSPS) is 16.0. The number of aromatic hydroxyl groups is 1. The van der Waals surface area contributed by atoms with E-state index in [-0.39, 0.29) is 18.2 Å². The minimum Gasteiger partial charge on any atom is -0.494 e. The van der Waals surface area contributed by atoms with Crippen molar-refractivity contribution in [1.29, 1.82) is 0 Å². The highest BCUT2D eigenvalue weighted by Crippen LogP contribution is 2.33. The van der Waals surface area contributed by atoms with E-state index in [1.807, 2.05) is 30.3 Å². The summed E-state index contributed by atoms with van der Waals surface area (Å²) in [5.41, 5.74) is -0.0559. The van der Waals surface area contributed by atoms with Gasteiger partial charge in [-0.25, -0.2) is 9.80 Å². The van der Waals surface area contributed by atoms with Crippen LogP contribution in [0.15, 0.2) is 45.0 Å². The molecule has 0 bridgehead atoms. The molecule has 154 valence electrons. The first-order chi connectivity index (χ1) is 14.0. The van der Waals surface area contributed by atoms with Gasteiger partial charge in [-0.1, -0.05) is 30.3 Å². The largest absolute Gasteiger partial charge is 0.494 e. The fourth-order valence-electron chi connectivity index (χ4n) is 3.29. The topological polar surface area (TPSA) is 112 Å². The predicted octanol–water partition coefficient (Wildman–Crippen LogP) is 0.934. The predicted molar refractivity (Wildman–Crippen MR) is 113 cm³/mol. The molecule has 1 aliphatic rings. The van der Waals surface area contributed by atoms with Crippen molar-refractivity contribution < 1.29 is 9.84 Å². The first kappa shape index (κ1) is 20.7. The van der Waals surface area contributed by atoms with Crippen LogP contribution in [-0.2, 0) is 11.3 Å². The Bertz CT molecular complexity index is 1030. The molecule has 0 fully saturated rings. The molecule has 0 aliphatic carbocycles. The lowest BCUT2D eigenvalue weighted by Gasteiger charge is -2.23. The number of H-pyrrole nitrogens is 1. The molecule has 0 radical (unpaired) electrons. The van der Waals surface area contributed by atoms with Gasteiger partial charge in [0.1, 0.15) is 5.56 Å². The number of nitrogens with one attached hydrogen (secondary N) is 2. The lowest BCUT2D eigenvalue weighted by molar-refractivity contribution is 0.188. The summed E-state index contributed by atoms with van der Waals surface area (Å²) in [6.45, 7) is 0.623. The second-order valence-corrected chi connectivity index (χ2v) is 6.92. The Morgan fingerprint density at radius 2 is 2.10 bits per heavy atom. The summed E-state index contributed by atoms with van der Waals surface area (Å²) in [4.78, 5) is 26.9. The first-order valence-corrected chi connectivity index (χ1v) is 9.57. The van der Waals surface area contributed by atoms with Gasteiger partial charge in [-0.05, 0) is 24.2 Å². The average molecular weight is 417 g/mol. The van der Waals surface area contributed by atoms with Crippen LogP contribution in [0.2, 0.25) is 0 Å². The lowest BCUT2D eigenvalue weighted by Crippen LogP contribution is -2.34. The summed E-state index contributed by atoms with van der Waals surface area (Å²) in [5, 5.41) is 20.1. The standard InChI is InChI=1S/C19H23N5O4S/c1-20-19(29)24-14(12-7-4-3-5-8-12)11-13(22-24)15-16(25)21-18(27)23(17(15)26)9-6-10-28-2/h3-5,7-8,14,26H,6,9-11H2,1-2H3,(H,20,29)(H,21,25,27)/t14-/m0/s1. The fourth-order valence-corrected chi connectivity index (χ4v) is 3.46. The molecule has 3 rings (SSSR count). The number of ether oxygens (including phenoxy) is 1. The minimum atomic E-state index is -0.682. The number of hydrazone groups is 1. The highest BCUT2D eigenvalue weighted by molar-refractivity contribution is 7.80. The van der Waals surface area contributed by atoms with Gasteiger partial charge in [-0.2, -0.15) is 5.10 Å². The van der Waals surface area contributed by atoms with Gasteiger partial charge in [0, 0.05) is 33.7 Å². The van der Waals surface area contributed by atoms with Gasteiger partial charge in [-0.15, -0.1) is 0 Å². The Morgan fingerprint density at radius 3 is 2.76 bits per heavy atom. The molecule has 1 aromatic heterocycles. The molecule has 3 N–H and O–H groups in total. The molecule has 9 nitrogen and oxygen atoms in total. The van der Waals surface area contributed by atoms with Crippen LogP contribution in [0.25, 0.3) is 0 Å². The fraction of sp³-hybridized carbons (Fsp3) is 0.368. The number of benzene rings is 1. The molecule has 1 atom stereocenters. The van der Waals surface area contributed by atoms with E-state index >= 15 is 0 Å². The average Bonchev–Trinajstić information content (AvgIpc) is 3.15. The number of rotatable bonds is 6. The molecule has 0 saturated carbocycles. The van der Waals surface area contributed by atoms with Crippen LogP contribution in [-0.4, -0.2) is 51.3 Å². The van der Waals surface area contributed by atoms with Crippen LogP contribution >= 0.6 is 12.2 Å². The van der Waals surface area contributed by atoms with Crippen LogP contribution in [0.3, 0.4) is 0 Å². The molecule has 1 aromatic carbocycles. The van der Waals surface area contributed by atoms with Crippen LogP contribution in [0.5, 0.6) is 5.88 Å². The van der Waals surface area contributed by atoms with E-state index in [0.717, 1.165) is 10.1 Å². The molecule has 0 spiro atoms. The Labute approximate surface area is 172 Å². The van der Waals surface area contributed by atoms with Crippen molar-refractivity contribution in [3.8, 4) is 5.88 Å². The molecule has 0 amide bonds. The van der Waals surface area contributed by atoms with E-state index in [1.165, 1.54) is 0 Å². The molecule has 2 heterocycles. The highest BCUT2D eigenvalue weighted by atomic mass is 32.1. The van der Waals surface area contributed by atoms with E-state index in [4.69, 9.17) is 17.0 Å². The maximum atomic E-state index is 12.5. The summed E-state index contributed by atoms with van der Waals surface area (Å²) >= 11 is 5.37. The lowest BCUT2D eigenvalue weighted by atomic mass is 9.99. The number of aromatic nitrogens is 2. The van der Waals surface area contributed by atoms with Gasteiger partial charge in [0.05, 0.1) is 11.8 Å². The van der Waals surface area contributed by atoms with Gasteiger partial charge in [0.25, 0.3) is 5.56 Å². The van der Waals surface area contributed by atoms with Gasteiger partial charge < -0.3 is 15.2 Å². The molecule has 0 saturated heterocycles. The SMILES string of the molecule is CNC(=S)N1N=C(c2c(O)n(CCCOC)c(=O)[nH]c2=O)C[C@H]1c1ccccc1. The van der Waals surface area contributed by atoms with Gasteiger partial charge in [0.15, 0.2) is 5.11 Å². The quantitative estimate of drug-likeness (QED) is 0.474. The highest BCUT2D eigenvalue weighted by Gasteiger charge is 2.34. The summed E-state index contributed by atoms with van der Waals surface area (Å²) in [6, 6.07) is 9.39. The molecule has 10 heteroatoms. The van der Waals surface area contributed by atoms with Crippen molar-refractivity contribution >= 4 is 23.0 Å². The molecule has 0 unspecified atom stereocenters. The molecular weight excluding hydrogens is 394 g/mol. The van der Waals surface area contributed by atoms with Crippen LogP contribution in [0.1, 0.15) is 30.0 Å². The number of hydrogen-bond donors (Lipinski definition) is 3. The second kappa shape index (κ2) is 9.01. The molecular formula is C19H23N5O4S. The zero-order valence-corrected chi connectivity index (χ0v) is 17.0. The number of thiocarbonyl (C=S) groups is 1. The first-order valence-electron chi connectivity index (χ1n) is 9.16. The summed E-state index contributed by atoms with van der Waals surface area (Å²) in [7, 11) is 3.25. The Hall–Kier alpha value is -2.98. The van der Waals surface area contributed by atoms with Gasteiger partial charge in [0.2, 0.25) is 5.88 Å². The number of methoxy groups -OCH3 is 1. The van der Waals surface area contributed by atoms with Crippen molar-refractivity contribution in [1.82, 2.24) is 19.9 Å². The van der Waals surface area contributed by atoms with Crippen molar-refractivity contribution in [2.24, 2.45) is 5.10 Å². The number of nitrogens with zero attached hydrogens (tertiary/aromatic N) is 3. The number of hydrogen-bond acceptors (Lipinski definition) is 6. The van der Waals surface area contributed by atoms with E-state index in [9.17, 15) is 14.7 Å². The monoisotopic (exact) mass is 417 g/mol. The third-order valence-electron chi connectivity index (χ3n) is 4.71. The summed E-state index contributed by atoms with van der Waals surface area (Å²) in [5.74, 6) is -0.405. The second-order valence-electron chi connectivity index (χ2n) is 6.53. The molecule has 29 heavy (non-hydrogen) atoms. The van der Waals surface area contributed by atoms with Crippen LogP contribution in [0, 0.1) is 0 Å². The Morgan fingerprint density at radius 1 is 1.38 bits per heavy atom. The smallest absolute Gasteiger partial charge is 0.331 e. The van der Waals surface area contributed by atoms with Crippen molar-refractivity contribution in [3.63, 3.8) is 0 Å². The van der Waals surface area contributed by atoms with E-state index in [1.54, 1.807) is 19.2 Å². The maximum Gasteiger partial charge on any atom is 0.331 e. The van der Waals surface area contributed by atoms with Gasteiger partial charge in [-0.3, -0.25) is 14.3 Å². The molecule has 2 aromatic rings. The maximum absolute atomic E-state index is 12.5. The van der Waals surface area contributed by atoms with E-state index in [0.29, 0.717) is 30.3 Å². The number of aromatic amines is 1. The minimum absolute atomic E-state index is 0.0237. The van der Waals surface area contributed by atoms with Crippen molar-refractivity contribution in [2.45, 2.75) is 25.4 Å². The summed E-state index contributed by atoms with van der Waals surface area (Å²) < 4.78 is 6.11. The zero-order chi connectivity index (χ0) is 21.0. The van der Waals surface area contributed by atoms with E-state index in [2.05, 4.69) is 15.4 Å². The van der Waals surface area contributed by atoms with Crippen molar-refractivity contribution in [2.75, 3.05) is 20.8 Å². The van der Waals surface area contributed by atoms with E-state index < -0.39 is 17.1 Å². The van der Waals surface area contributed by atoms with Crippen molar-refractivity contribution in [3.05, 3.63) is 62.3 Å². The Balaban J connectivity index is 2.03. The third kappa shape index (κ3) is 4.22. The van der Waals surface area contributed by atoms with Gasteiger partial charge >= 0.3 is 5.69 Å². The zero-order valence-electron chi connectivity index (χ0n) is 16.2.